The summed E-state index contributed by atoms with van der Waals surface area (Å²) in [5.41, 5.74) is 3.68. The van der Waals surface area contributed by atoms with Crippen LogP contribution in [0.4, 0.5) is 0 Å². The van der Waals surface area contributed by atoms with Crippen LogP contribution in [0.1, 0.15) is 30.0 Å². The second kappa shape index (κ2) is 8.61. The first kappa shape index (κ1) is 21.8. The van der Waals surface area contributed by atoms with Crippen LogP contribution in [0.25, 0.3) is 10.9 Å². The molecule has 0 fully saturated rings. The number of aryl methyl sites for hydroxylation is 1. The summed E-state index contributed by atoms with van der Waals surface area (Å²) in [5.74, 6) is 0. The highest BCUT2D eigenvalue weighted by Crippen LogP contribution is 2.40. The molecule has 1 atom stereocenters. The highest BCUT2D eigenvalue weighted by atomic mass is 79.9. The Labute approximate surface area is 191 Å². The molecule has 0 bridgehead atoms. The summed E-state index contributed by atoms with van der Waals surface area (Å²) in [6.45, 7) is 4.30. The zero-order valence-corrected chi connectivity index (χ0v) is 19.9. The third kappa shape index (κ3) is 4.20. The van der Waals surface area contributed by atoms with Gasteiger partial charge in [-0.1, -0.05) is 70.9 Å². The van der Waals surface area contributed by atoms with Crippen molar-refractivity contribution >= 4 is 36.9 Å². The van der Waals surface area contributed by atoms with Crippen LogP contribution in [-0.2, 0) is 15.4 Å². The van der Waals surface area contributed by atoms with Crippen molar-refractivity contribution in [3.8, 4) is 0 Å². The summed E-state index contributed by atoms with van der Waals surface area (Å²) in [4.78, 5) is 3.63. The summed E-state index contributed by atoms with van der Waals surface area (Å²) in [7, 11) is -3.65. The molecule has 4 rings (SSSR count). The SMILES string of the molecule is CC[C@@](CNS(=O)(=O)c1ccc(C)cc1)(c1ccc(Br)cc1)c1c[nH]c2ccccc12. The van der Waals surface area contributed by atoms with Crippen molar-refractivity contribution in [2.75, 3.05) is 6.54 Å². The molecule has 31 heavy (non-hydrogen) atoms. The van der Waals surface area contributed by atoms with E-state index in [-0.39, 0.29) is 11.4 Å². The Morgan fingerprint density at radius 3 is 2.32 bits per heavy atom. The Bertz CT molecular complexity index is 1300. The maximum absolute atomic E-state index is 13.1. The van der Waals surface area contributed by atoms with E-state index in [2.05, 4.69) is 50.8 Å². The van der Waals surface area contributed by atoms with Gasteiger partial charge in [0, 0.05) is 33.5 Å². The lowest BCUT2D eigenvalue weighted by Crippen LogP contribution is -2.41. The predicted octanol–water partition coefficient (Wildman–Crippen LogP) is 5.91. The third-order valence-corrected chi connectivity index (χ3v) is 7.95. The highest BCUT2D eigenvalue weighted by molar-refractivity contribution is 9.10. The number of nitrogens with one attached hydrogen (secondary N) is 2. The monoisotopic (exact) mass is 496 g/mol. The van der Waals surface area contributed by atoms with Crippen molar-refractivity contribution < 1.29 is 8.42 Å². The first-order chi connectivity index (χ1) is 14.9. The number of para-hydroxylation sites is 1. The Morgan fingerprint density at radius 2 is 1.65 bits per heavy atom. The van der Waals surface area contributed by atoms with Gasteiger partial charge in [-0.15, -0.1) is 0 Å². The van der Waals surface area contributed by atoms with Gasteiger partial charge in [0.25, 0.3) is 0 Å². The van der Waals surface area contributed by atoms with Crippen LogP contribution >= 0.6 is 15.9 Å². The molecule has 4 nitrogen and oxygen atoms in total. The summed E-state index contributed by atoms with van der Waals surface area (Å²) in [6.07, 6.45) is 2.74. The average molecular weight is 497 g/mol. The molecule has 2 N–H and O–H groups in total. The minimum absolute atomic E-state index is 0.253. The largest absolute Gasteiger partial charge is 0.361 e. The van der Waals surface area contributed by atoms with Gasteiger partial charge in [-0.3, -0.25) is 0 Å². The standard InChI is InChI=1S/C25H25BrN2O2S/c1-3-25(19-10-12-20(26)13-11-19,23-16-27-24-7-5-4-6-22(23)24)17-28-31(29,30)21-14-8-18(2)9-15-21/h4-16,27-28H,3,17H2,1-2H3/t25-/m1/s1. The molecule has 0 radical (unpaired) electrons. The number of benzene rings is 3. The van der Waals surface area contributed by atoms with Crippen molar-refractivity contribution in [3.05, 3.63) is 100 Å². The number of hydrogen-bond acceptors (Lipinski definition) is 2. The van der Waals surface area contributed by atoms with Gasteiger partial charge in [-0.2, -0.15) is 0 Å². The number of hydrogen-bond donors (Lipinski definition) is 2. The molecule has 0 aliphatic carbocycles. The van der Waals surface area contributed by atoms with Crippen LogP contribution in [0.15, 0.2) is 88.4 Å². The summed E-state index contributed by atoms with van der Waals surface area (Å²) >= 11 is 3.51. The van der Waals surface area contributed by atoms with Crippen molar-refractivity contribution in [1.82, 2.24) is 9.71 Å². The van der Waals surface area contributed by atoms with E-state index in [1.54, 1.807) is 12.1 Å². The van der Waals surface area contributed by atoms with Crippen LogP contribution < -0.4 is 4.72 Å². The van der Waals surface area contributed by atoms with Gasteiger partial charge in [0.1, 0.15) is 0 Å². The number of fused-ring (bicyclic) bond motifs is 1. The summed E-state index contributed by atoms with van der Waals surface area (Å²) in [6, 6.07) is 23.2. The Morgan fingerprint density at radius 1 is 0.968 bits per heavy atom. The van der Waals surface area contributed by atoms with Crippen LogP contribution in [-0.4, -0.2) is 19.9 Å². The molecule has 0 aliphatic rings. The van der Waals surface area contributed by atoms with Crippen LogP contribution in [0.3, 0.4) is 0 Å². The van der Waals surface area contributed by atoms with E-state index in [1.165, 1.54) is 0 Å². The van der Waals surface area contributed by atoms with Crippen molar-refractivity contribution in [1.29, 1.82) is 0 Å². The molecule has 160 valence electrons. The molecule has 1 aromatic heterocycles. The minimum Gasteiger partial charge on any atom is -0.361 e. The topological polar surface area (TPSA) is 62.0 Å². The van der Waals surface area contributed by atoms with Gasteiger partial charge in [0.2, 0.25) is 10.0 Å². The van der Waals surface area contributed by atoms with Crippen molar-refractivity contribution in [3.63, 3.8) is 0 Å². The van der Waals surface area contributed by atoms with Gasteiger partial charge < -0.3 is 4.98 Å². The number of aromatic nitrogens is 1. The lowest BCUT2D eigenvalue weighted by molar-refractivity contribution is 0.482. The summed E-state index contributed by atoms with van der Waals surface area (Å²) in [5, 5.41) is 1.10. The fourth-order valence-electron chi connectivity index (χ4n) is 4.13. The Balaban J connectivity index is 1.80. The van der Waals surface area contributed by atoms with E-state index < -0.39 is 15.4 Å². The van der Waals surface area contributed by atoms with E-state index in [1.807, 2.05) is 55.6 Å². The van der Waals surface area contributed by atoms with Crippen LogP contribution in [0, 0.1) is 6.92 Å². The van der Waals surface area contributed by atoms with E-state index in [9.17, 15) is 8.42 Å². The lowest BCUT2D eigenvalue weighted by atomic mass is 9.72. The first-order valence-corrected chi connectivity index (χ1v) is 12.5. The first-order valence-electron chi connectivity index (χ1n) is 10.2. The maximum atomic E-state index is 13.1. The number of H-pyrrole nitrogens is 1. The molecule has 0 amide bonds. The molecule has 0 unspecified atom stereocenters. The zero-order valence-electron chi connectivity index (χ0n) is 17.5. The van der Waals surface area contributed by atoms with Gasteiger partial charge in [0.15, 0.2) is 0 Å². The highest BCUT2D eigenvalue weighted by Gasteiger charge is 2.36. The molecule has 1 heterocycles. The van der Waals surface area contributed by atoms with Crippen LogP contribution in [0.5, 0.6) is 0 Å². The van der Waals surface area contributed by atoms with Gasteiger partial charge in [-0.05, 0) is 54.8 Å². The van der Waals surface area contributed by atoms with Crippen molar-refractivity contribution in [2.45, 2.75) is 30.6 Å². The number of rotatable bonds is 7. The summed E-state index contributed by atoms with van der Waals surface area (Å²) < 4.78 is 30.1. The van der Waals surface area contributed by atoms with Crippen LogP contribution in [0.2, 0.25) is 0 Å². The molecule has 3 aromatic carbocycles. The number of aromatic amines is 1. The third-order valence-electron chi connectivity index (χ3n) is 6.00. The predicted molar refractivity (Wildman–Crippen MR) is 130 cm³/mol. The fourth-order valence-corrected chi connectivity index (χ4v) is 5.49. The Kier molecular flexibility index (Phi) is 6.06. The van der Waals surface area contributed by atoms with E-state index in [0.717, 1.165) is 38.5 Å². The molecule has 0 aliphatic heterocycles. The van der Waals surface area contributed by atoms with E-state index in [0.29, 0.717) is 0 Å². The maximum Gasteiger partial charge on any atom is 0.240 e. The van der Waals surface area contributed by atoms with Gasteiger partial charge >= 0.3 is 0 Å². The van der Waals surface area contributed by atoms with E-state index in [4.69, 9.17) is 0 Å². The molecular formula is C25H25BrN2O2S. The second-order valence-corrected chi connectivity index (χ2v) is 10.5. The molecule has 4 aromatic rings. The zero-order chi connectivity index (χ0) is 22.1. The normalized spacial score (nSPS) is 13.9. The quantitative estimate of drug-likeness (QED) is 0.333. The van der Waals surface area contributed by atoms with Gasteiger partial charge in [-0.25, -0.2) is 13.1 Å². The Hall–Kier alpha value is -2.41. The van der Waals surface area contributed by atoms with Crippen molar-refractivity contribution in [2.24, 2.45) is 0 Å². The molecule has 6 heteroatoms. The number of sulfonamides is 1. The average Bonchev–Trinajstić information content (AvgIpc) is 3.21. The number of halogens is 1. The molecule has 0 saturated carbocycles. The second-order valence-electron chi connectivity index (χ2n) is 7.83. The van der Waals surface area contributed by atoms with Gasteiger partial charge in [0.05, 0.1) is 4.90 Å². The van der Waals surface area contributed by atoms with E-state index >= 15 is 0 Å². The minimum atomic E-state index is -3.65. The molecular weight excluding hydrogens is 472 g/mol. The molecule has 0 spiro atoms. The molecule has 0 saturated heterocycles. The lowest BCUT2D eigenvalue weighted by Gasteiger charge is -2.34. The smallest absolute Gasteiger partial charge is 0.240 e. The fraction of sp³-hybridized carbons (Fsp3) is 0.200.